The summed E-state index contributed by atoms with van der Waals surface area (Å²) in [6.45, 7) is 4.38. The van der Waals surface area contributed by atoms with Crippen molar-refractivity contribution in [2.75, 3.05) is 5.32 Å². The second-order valence-corrected chi connectivity index (χ2v) is 6.54. The Labute approximate surface area is 152 Å². The zero-order chi connectivity index (χ0) is 18.5. The van der Waals surface area contributed by atoms with Crippen molar-refractivity contribution in [3.63, 3.8) is 0 Å². The van der Waals surface area contributed by atoms with Gasteiger partial charge < -0.3 is 5.32 Å². The van der Waals surface area contributed by atoms with Crippen molar-refractivity contribution < 1.29 is 9.18 Å². The Morgan fingerprint density at radius 3 is 2.46 bits per heavy atom. The Hall–Kier alpha value is -3.08. The molecule has 0 bridgehead atoms. The molecule has 3 aromatic rings. The van der Waals surface area contributed by atoms with Gasteiger partial charge in [0.1, 0.15) is 5.82 Å². The number of anilines is 2. The molecule has 1 N–H and O–H groups in total. The highest BCUT2D eigenvalue weighted by Crippen LogP contribution is 2.18. The van der Waals surface area contributed by atoms with E-state index in [2.05, 4.69) is 41.3 Å². The third kappa shape index (κ3) is 4.30. The number of nitrogens with one attached hydrogen (secondary N) is 1. The third-order valence-electron chi connectivity index (χ3n) is 3.91. The largest absolute Gasteiger partial charge is 0.340 e. The average molecular weight is 349 g/mol. The van der Waals surface area contributed by atoms with Gasteiger partial charge in [-0.3, -0.25) is 9.78 Å². The van der Waals surface area contributed by atoms with Gasteiger partial charge in [-0.15, -0.1) is 0 Å². The number of halogens is 1. The number of pyridine rings is 2. The summed E-state index contributed by atoms with van der Waals surface area (Å²) in [5, 5.41) is 3.20. The fourth-order valence-corrected chi connectivity index (χ4v) is 2.66. The zero-order valence-electron chi connectivity index (χ0n) is 14.7. The Balaban J connectivity index is 1.70. The molecule has 1 aromatic carbocycles. The number of rotatable bonds is 6. The SMILES string of the molecule is CC(C)Cc1ccc(Nc2ccc(C(=O)c3ccncc3F)cn2)cc1. The lowest BCUT2D eigenvalue weighted by molar-refractivity contribution is 0.103. The maximum absolute atomic E-state index is 13.7. The molecule has 0 unspecified atom stereocenters. The second kappa shape index (κ2) is 7.87. The van der Waals surface area contributed by atoms with Crippen LogP contribution >= 0.6 is 0 Å². The van der Waals surface area contributed by atoms with Gasteiger partial charge in [0.25, 0.3) is 0 Å². The molecule has 0 aliphatic carbocycles. The molecule has 26 heavy (non-hydrogen) atoms. The van der Waals surface area contributed by atoms with Crippen molar-refractivity contribution in [1.82, 2.24) is 9.97 Å². The van der Waals surface area contributed by atoms with Crippen molar-refractivity contribution in [1.29, 1.82) is 0 Å². The maximum atomic E-state index is 13.7. The van der Waals surface area contributed by atoms with Gasteiger partial charge in [0.2, 0.25) is 0 Å². The molecule has 0 amide bonds. The number of carbonyl (C=O) groups is 1. The normalized spacial score (nSPS) is 10.8. The molecule has 0 radical (unpaired) electrons. The molecular weight excluding hydrogens is 329 g/mol. The smallest absolute Gasteiger partial charge is 0.197 e. The van der Waals surface area contributed by atoms with Crippen molar-refractivity contribution in [2.45, 2.75) is 20.3 Å². The number of nitrogens with zero attached hydrogens (tertiary/aromatic N) is 2. The topological polar surface area (TPSA) is 54.9 Å². The number of hydrogen-bond acceptors (Lipinski definition) is 4. The highest BCUT2D eigenvalue weighted by molar-refractivity contribution is 6.08. The van der Waals surface area contributed by atoms with Gasteiger partial charge in [-0.25, -0.2) is 9.37 Å². The minimum Gasteiger partial charge on any atom is -0.340 e. The van der Waals surface area contributed by atoms with E-state index in [4.69, 9.17) is 0 Å². The minimum atomic E-state index is -0.638. The van der Waals surface area contributed by atoms with Crippen LogP contribution in [0.1, 0.15) is 35.3 Å². The maximum Gasteiger partial charge on any atom is 0.197 e. The van der Waals surface area contributed by atoms with Crippen LogP contribution in [0, 0.1) is 11.7 Å². The summed E-state index contributed by atoms with van der Waals surface area (Å²) >= 11 is 0. The minimum absolute atomic E-state index is 0.0109. The van der Waals surface area contributed by atoms with Gasteiger partial charge >= 0.3 is 0 Å². The lowest BCUT2D eigenvalue weighted by Gasteiger charge is -2.09. The van der Waals surface area contributed by atoms with E-state index in [9.17, 15) is 9.18 Å². The van der Waals surface area contributed by atoms with Crippen molar-refractivity contribution in [2.24, 2.45) is 5.92 Å². The number of benzene rings is 1. The molecule has 5 heteroatoms. The molecule has 0 saturated heterocycles. The summed E-state index contributed by atoms with van der Waals surface area (Å²) < 4.78 is 13.7. The summed E-state index contributed by atoms with van der Waals surface area (Å²) in [4.78, 5) is 20.2. The Morgan fingerprint density at radius 2 is 1.85 bits per heavy atom. The summed E-state index contributed by atoms with van der Waals surface area (Å²) in [5.74, 6) is 0.183. The van der Waals surface area contributed by atoms with Crippen LogP contribution in [0.5, 0.6) is 0 Å². The van der Waals surface area contributed by atoms with E-state index >= 15 is 0 Å². The van der Waals surface area contributed by atoms with Crippen molar-refractivity contribution in [3.8, 4) is 0 Å². The van der Waals surface area contributed by atoms with Crippen molar-refractivity contribution >= 4 is 17.3 Å². The zero-order valence-corrected chi connectivity index (χ0v) is 14.7. The summed E-state index contributed by atoms with van der Waals surface area (Å²) in [7, 11) is 0. The van der Waals surface area contributed by atoms with Crippen LogP contribution in [0.25, 0.3) is 0 Å². The summed E-state index contributed by atoms with van der Waals surface area (Å²) in [6.07, 6.45) is 4.90. The van der Waals surface area contributed by atoms with Gasteiger partial charge in [0, 0.05) is 23.6 Å². The Bertz CT molecular complexity index is 890. The molecule has 0 aliphatic heterocycles. The van der Waals surface area contributed by atoms with E-state index in [1.807, 2.05) is 12.1 Å². The molecule has 0 fully saturated rings. The van der Waals surface area contributed by atoms with Crippen LogP contribution < -0.4 is 5.32 Å². The molecule has 0 atom stereocenters. The first-order valence-corrected chi connectivity index (χ1v) is 8.49. The van der Waals surface area contributed by atoms with Crippen LogP contribution in [0.15, 0.2) is 61.1 Å². The number of carbonyl (C=O) groups excluding carboxylic acids is 1. The molecule has 2 aromatic heterocycles. The van der Waals surface area contributed by atoms with E-state index in [1.54, 1.807) is 12.1 Å². The lowest BCUT2D eigenvalue weighted by Crippen LogP contribution is -2.05. The molecule has 0 saturated carbocycles. The van der Waals surface area contributed by atoms with E-state index in [-0.39, 0.29) is 5.56 Å². The predicted octanol–water partition coefficient (Wildman–Crippen LogP) is 4.79. The second-order valence-electron chi connectivity index (χ2n) is 6.54. The molecule has 0 spiro atoms. The monoisotopic (exact) mass is 349 g/mol. The number of ketones is 1. The standard InChI is InChI=1S/C21H20FN3O/c1-14(2)11-15-3-6-17(7-4-15)25-20-8-5-16(12-24-20)21(26)18-9-10-23-13-19(18)22/h3-10,12-14H,11H2,1-2H3,(H,24,25). The van der Waals surface area contributed by atoms with Gasteiger partial charge in [-0.1, -0.05) is 26.0 Å². The van der Waals surface area contributed by atoms with Gasteiger partial charge in [0.15, 0.2) is 11.6 Å². The van der Waals surface area contributed by atoms with Gasteiger partial charge in [0.05, 0.1) is 11.8 Å². The van der Waals surface area contributed by atoms with E-state index in [0.717, 1.165) is 18.3 Å². The lowest BCUT2D eigenvalue weighted by atomic mass is 10.0. The molecule has 3 rings (SSSR count). The first-order valence-electron chi connectivity index (χ1n) is 8.49. The highest BCUT2D eigenvalue weighted by Gasteiger charge is 2.14. The van der Waals surface area contributed by atoms with Crippen LogP contribution in [-0.2, 0) is 6.42 Å². The first-order chi connectivity index (χ1) is 12.5. The first kappa shape index (κ1) is 17.7. The van der Waals surface area contributed by atoms with Crippen LogP contribution in [-0.4, -0.2) is 15.8 Å². The van der Waals surface area contributed by atoms with Crippen LogP contribution in [0.4, 0.5) is 15.9 Å². The molecule has 2 heterocycles. The van der Waals surface area contributed by atoms with Crippen LogP contribution in [0.3, 0.4) is 0 Å². The predicted molar refractivity (Wildman–Crippen MR) is 100 cm³/mol. The molecule has 0 aliphatic rings. The van der Waals surface area contributed by atoms with E-state index in [1.165, 1.54) is 24.0 Å². The quantitative estimate of drug-likeness (QED) is 0.650. The molecule has 4 nitrogen and oxygen atoms in total. The molecular formula is C21H20FN3O. The summed E-state index contributed by atoms with van der Waals surface area (Å²) in [5.41, 5.74) is 2.53. The number of aromatic nitrogens is 2. The van der Waals surface area contributed by atoms with E-state index in [0.29, 0.717) is 17.3 Å². The van der Waals surface area contributed by atoms with E-state index < -0.39 is 11.6 Å². The van der Waals surface area contributed by atoms with Crippen LogP contribution in [0.2, 0.25) is 0 Å². The van der Waals surface area contributed by atoms with Gasteiger partial charge in [-0.2, -0.15) is 0 Å². The molecule has 132 valence electrons. The van der Waals surface area contributed by atoms with Crippen molar-refractivity contribution in [3.05, 3.63) is 83.6 Å². The fourth-order valence-electron chi connectivity index (χ4n) is 2.66. The fraction of sp³-hybridized carbons (Fsp3) is 0.190. The van der Waals surface area contributed by atoms with Gasteiger partial charge in [-0.05, 0) is 48.2 Å². The third-order valence-corrected chi connectivity index (χ3v) is 3.91. The Morgan fingerprint density at radius 1 is 1.08 bits per heavy atom. The number of hydrogen-bond donors (Lipinski definition) is 1. The highest BCUT2D eigenvalue weighted by atomic mass is 19.1. The Kier molecular flexibility index (Phi) is 5.37. The summed E-state index contributed by atoms with van der Waals surface area (Å²) in [6, 6.07) is 12.9. The average Bonchev–Trinajstić information content (AvgIpc) is 2.63.